The third-order valence-corrected chi connectivity index (χ3v) is 4.69. The van der Waals surface area contributed by atoms with E-state index in [-0.39, 0.29) is 17.3 Å². The Kier molecular flexibility index (Phi) is 3.85. The summed E-state index contributed by atoms with van der Waals surface area (Å²) in [5, 5.41) is 20.5. The van der Waals surface area contributed by atoms with Crippen LogP contribution in [0.4, 0.5) is 0 Å². The van der Waals surface area contributed by atoms with Gasteiger partial charge in [-0.2, -0.15) is 0 Å². The molecule has 0 unspecified atom stereocenters. The van der Waals surface area contributed by atoms with Crippen molar-refractivity contribution in [3.63, 3.8) is 0 Å². The Labute approximate surface area is 138 Å². The van der Waals surface area contributed by atoms with Gasteiger partial charge in [0.2, 0.25) is 5.78 Å². The Balaban J connectivity index is 1.89. The van der Waals surface area contributed by atoms with Crippen LogP contribution < -0.4 is 4.74 Å². The number of rotatable bonds is 5. The quantitative estimate of drug-likeness (QED) is 0.770. The Morgan fingerprint density at radius 2 is 1.96 bits per heavy atom. The molecule has 1 aliphatic heterocycles. The van der Waals surface area contributed by atoms with E-state index in [9.17, 15) is 19.8 Å². The van der Waals surface area contributed by atoms with Crippen molar-refractivity contribution in [3.8, 4) is 11.5 Å². The van der Waals surface area contributed by atoms with Crippen LogP contribution in [0.15, 0.2) is 30.0 Å². The highest BCUT2D eigenvalue weighted by Gasteiger charge is 2.71. The molecule has 1 saturated heterocycles. The summed E-state index contributed by atoms with van der Waals surface area (Å²) in [7, 11) is 2.73. The van der Waals surface area contributed by atoms with Crippen LogP contribution in [0.1, 0.15) is 18.6 Å². The van der Waals surface area contributed by atoms with Crippen LogP contribution in [0.5, 0.6) is 11.5 Å². The summed E-state index contributed by atoms with van der Waals surface area (Å²) in [5.41, 5.74) is -0.986. The summed E-state index contributed by atoms with van der Waals surface area (Å²) in [6.07, 6.45) is -0.942. The fourth-order valence-corrected chi connectivity index (χ4v) is 3.17. The summed E-state index contributed by atoms with van der Waals surface area (Å²) < 4.78 is 15.3. The summed E-state index contributed by atoms with van der Waals surface area (Å²) in [5.74, 6) is -1.40. The van der Waals surface area contributed by atoms with Gasteiger partial charge in [-0.15, -0.1) is 0 Å². The molecule has 2 N–H and O–H groups in total. The first kappa shape index (κ1) is 16.5. The van der Waals surface area contributed by atoms with Crippen molar-refractivity contribution in [3.05, 3.63) is 35.6 Å². The molecule has 0 aromatic heterocycles. The lowest BCUT2D eigenvalue weighted by atomic mass is 9.77. The SMILES string of the molecule is COC1=CC(=O)[C@@]2([C@H](C)[C@H](O)c3ccc(OC)c(O)c3)O[C@H]2C1=O. The van der Waals surface area contributed by atoms with E-state index in [2.05, 4.69) is 0 Å². The van der Waals surface area contributed by atoms with Crippen molar-refractivity contribution in [1.29, 1.82) is 0 Å². The second-order valence-corrected chi connectivity index (χ2v) is 5.90. The molecular weight excluding hydrogens is 316 g/mol. The van der Waals surface area contributed by atoms with Gasteiger partial charge in [0.05, 0.1) is 20.3 Å². The second-order valence-electron chi connectivity index (χ2n) is 5.90. The molecule has 0 amide bonds. The maximum absolute atomic E-state index is 12.4. The van der Waals surface area contributed by atoms with Crippen LogP contribution in [-0.2, 0) is 19.1 Å². The van der Waals surface area contributed by atoms with E-state index in [4.69, 9.17) is 14.2 Å². The number of benzene rings is 1. The van der Waals surface area contributed by atoms with Crippen molar-refractivity contribution in [1.82, 2.24) is 0 Å². The van der Waals surface area contributed by atoms with Crippen LogP contribution >= 0.6 is 0 Å². The molecule has 4 atom stereocenters. The summed E-state index contributed by atoms with van der Waals surface area (Å²) in [6, 6.07) is 4.46. The molecule has 24 heavy (non-hydrogen) atoms. The standard InChI is InChI=1S/C17H18O7/c1-8(14(20)9-4-5-11(22-2)10(18)6-9)17-13(19)7-12(23-3)15(21)16(17)24-17/h4-8,14,16,18,20H,1-3H3/t8-,14+,16+,17-/m1/s1. The molecular formula is C17H18O7. The molecule has 128 valence electrons. The number of carbonyl (C=O) groups is 2. The number of fused-ring (bicyclic) bond motifs is 1. The molecule has 2 aliphatic rings. The highest BCUT2D eigenvalue weighted by atomic mass is 16.6. The maximum atomic E-state index is 12.4. The fraction of sp³-hybridized carbons (Fsp3) is 0.412. The zero-order valence-corrected chi connectivity index (χ0v) is 13.5. The van der Waals surface area contributed by atoms with E-state index in [0.717, 1.165) is 6.08 Å². The van der Waals surface area contributed by atoms with Gasteiger partial charge in [-0.3, -0.25) is 9.59 Å². The van der Waals surface area contributed by atoms with Gasteiger partial charge in [-0.05, 0) is 17.7 Å². The van der Waals surface area contributed by atoms with E-state index in [1.54, 1.807) is 13.0 Å². The third-order valence-electron chi connectivity index (χ3n) is 4.69. The third kappa shape index (κ3) is 2.20. The van der Waals surface area contributed by atoms with Gasteiger partial charge in [0, 0.05) is 12.0 Å². The molecule has 1 heterocycles. The summed E-state index contributed by atoms with van der Waals surface area (Å²) >= 11 is 0. The normalized spacial score (nSPS) is 27.8. The number of hydrogen-bond acceptors (Lipinski definition) is 7. The molecule has 0 bridgehead atoms. The lowest BCUT2D eigenvalue weighted by Crippen LogP contribution is -2.42. The number of aromatic hydroxyl groups is 1. The number of methoxy groups -OCH3 is 2. The lowest BCUT2D eigenvalue weighted by Gasteiger charge is -2.26. The number of phenols is 1. The Morgan fingerprint density at radius 3 is 2.54 bits per heavy atom. The molecule has 3 rings (SSSR count). The first-order valence-corrected chi connectivity index (χ1v) is 7.44. The first-order chi connectivity index (χ1) is 11.4. The molecule has 1 aliphatic carbocycles. The molecule has 7 nitrogen and oxygen atoms in total. The fourth-order valence-electron chi connectivity index (χ4n) is 3.17. The largest absolute Gasteiger partial charge is 0.504 e. The maximum Gasteiger partial charge on any atom is 0.229 e. The molecule has 7 heteroatoms. The van der Waals surface area contributed by atoms with Gasteiger partial charge in [0.1, 0.15) is 0 Å². The number of hydrogen-bond donors (Lipinski definition) is 2. The minimum Gasteiger partial charge on any atom is -0.504 e. The summed E-state index contributed by atoms with van der Waals surface area (Å²) in [6.45, 7) is 1.63. The minimum atomic E-state index is -1.38. The van der Waals surface area contributed by atoms with E-state index in [0.29, 0.717) is 5.56 Å². The van der Waals surface area contributed by atoms with Crippen molar-refractivity contribution in [2.45, 2.75) is 24.7 Å². The van der Waals surface area contributed by atoms with Crippen LogP contribution in [0.3, 0.4) is 0 Å². The monoisotopic (exact) mass is 334 g/mol. The number of phenolic OH excluding ortho intramolecular Hbond substituents is 1. The van der Waals surface area contributed by atoms with Crippen molar-refractivity contribution >= 4 is 11.6 Å². The number of aliphatic hydroxyl groups is 1. The van der Waals surface area contributed by atoms with Gasteiger partial charge in [0.25, 0.3) is 0 Å². The highest BCUT2D eigenvalue weighted by Crippen LogP contribution is 2.52. The molecule has 0 radical (unpaired) electrons. The number of ketones is 2. The minimum absolute atomic E-state index is 0.0399. The smallest absolute Gasteiger partial charge is 0.229 e. The predicted molar refractivity (Wildman–Crippen MR) is 81.5 cm³/mol. The van der Waals surface area contributed by atoms with E-state index in [1.807, 2.05) is 0 Å². The van der Waals surface area contributed by atoms with Crippen LogP contribution in [-0.4, -0.2) is 47.7 Å². The van der Waals surface area contributed by atoms with Crippen LogP contribution in [0.25, 0.3) is 0 Å². The van der Waals surface area contributed by atoms with Gasteiger partial charge in [-0.1, -0.05) is 13.0 Å². The number of Topliss-reactive ketones (excluding diaryl/α,β-unsaturated/α-hetero) is 1. The highest BCUT2D eigenvalue weighted by molar-refractivity contribution is 6.17. The molecule has 0 spiro atoms. The zero-order valence-electron chi connectivity index (χ0n) is 13.5. The average molecular weight is 334 g/mol. The molecule has 1 aromatic rings. The van der Waals surface area contributed by atoms with Crippen molar-refractivity contribution in [2.75, 3.05) is 14.2 Å². The molecule has 1 aromatic carbocycles. The zero-order chi connectivity index (χ0) is 17.6. The Bertz CT molecular complexity index is 738. The average Bonchev–Trinajstić information content (AvgIpc) is 3.34. The van der Waals surface area contributed by atoms with Crippen LogP contribution in [0.2, 0.25) is 0 Å². The van der Waals surface area contributed by atoms with Gasteiger partial charge >= 0.3 is 0 Å². The van der Waals surface area contributed by atoms with Gasteiger partial charge in [-0.25, -0.2) is 0 Å². The molecule has 1 fully saturated rings. The van der Waals surface area contributed by atoms with Crippen LogP contribution in [0, 0.1) is 5.92 Å². The topological polar surface area (TPSA) is 106 Å². The van der Waals surface area contributed by atoms with Crippen molar-refractivity contribution < 1.29 is 34.0 Å². The predicted octanol–water partition coefficient (Wildman–Crippen LogP) is 0.890. The van der Waals surface area contributed by atoms with Gasteiger partial charge in [0.15, 0.2) is 34.7 Å². The number of carbonyl (C=O) groups excluding carboxylic acids is 2. The van der Waals surface area contributed by atoms with Gasteiger partial charge < -0.3 is 24.4 Å². The molecule has 0 saturated carbocycles. The Morgan fingerprint density at radius 1 is 1.25 bits per heavy atom. The summed E-state index contributed by atoms with van der Waals surface area (Å²) in [4.78, 5) is 24.5. The number of epoxide rings is 1. The van der Waals surface area contributed by atoms with Crippen molar-refractivity contribution in [2.24, 2.45) is 5.92 Å². The van der Waals surface area contributed by atoms with E-state index in [1.165, 1.54) is 26.4 Å². The number of ether oxygens (including phenoxy) is 3. The second kappa shape index (κ2) is 5.61. The van der Waals surface area contributed by atoms with E-state index < -0.39 is 35.3 Å². The number of aliphatic hydroxyl groups excluding tert-OH is 1. The Hall–Kier alpha value is -2.38. The lowest BCUT2D eigenvalue weighted by molar-refractivity contribution is -0.126. The van der Waals surface area contributed by atoms with E-state index >= 15 is 0 Å². The first-order valence-electron chi connectivity index (χ1n) is 7.44.